The van der Waals surface area contributed by atoms with E-state index in [-0.39, 0.29) is 7.05 Å². The number of alkyl halides is 3. The fourth-order valence-electron chi connectivity index (χ4n) is 0.305. The van der Waals surface area contributed by atoms with Crippen molar-refractivity contribution in [1.29, 1.82) is 0 Å². The van der Waals surface area contributed by atoms with E-state index in [1.165, 1.54) is 0 Å². The number of amides is 1. The molecule has 0 aliphatic rings. The lowest BCUT2D eigenvalue weighted by Gasteiger charge is -2.18. The molecule has 0 saturated heterocycles. The van der Waals surface area contributed by atoms with Gasteiger partial charge in [0.2, 0.25) is 0 Å². The molecule has 0 aliphatic heterocycles. The highest BCUT2D eigenvalue weighted by Gasteiger charge is 2.55. The maximum absolute atomic E-state index is 11.6. The van der Waals surface area contributed by atoms with E-state index in [1.807, 2.05) is 0 Å². The molecule has 0 heterocycles. The van der Waals surface area contributed by atoms with Crippen LogP contribution < -0.4 is 0 Å². The Balaban J connectivity index is 4.53. The second-order valence-corrected chi connectivity index (χ2v) is 3.44. The van der Waals surface area contributed by atoms with Crippen molar-refractivity contribution in [2.24, 2.45) is 0 Å². The summed E-state index contributed by atoms with van der Waals surface area (Å²) in [6.07, 6.45) is -5.46. The summed E-state index contributed by atoms with van der Waals surface area (Å²) in [5.74, 6) is -2.87. The summed E-state index contributed by atoms with van der Waals surface area (Å²) in [4.78, 5) is 9.93. The Morgan fingerprint density at radius 2 is 1.58 bits per heavy atom. The molecule has 2 nitrogen and oxygen atoms in total. The van der Waals surface area contributed by atoms with Crippen LogP contribution in [0.5, 0.6) is 0 Å². The molecule has 0 aromatic rings. The molecule has 0 aromatic heterocycles. The molecule has 0 rings (SSSR count). The normalized spacial score (nSPS) is 12.9. The van der Waals surface area contributed by atoms with Gasteiger partial charge < -0.3 is 0 Å². The molecule has 12 heavy (non-hydrogen) atoms. The van der Waals surface area contributed by atoms with Gasteiger partial charge in [-0.25, -0.2) is 12.3 Å². The Labute approximate surface area is 64.4 Å². The molecule has 0 fully saturated rings. The largest absolute Gasteiger partial charge is 0.756 e. The van der Waals surface area contributed by atoms with E-state index in [0.29, 0.717) is 0 Å². The lowest BCUT2D eigenvalue weighted by atomic mass is 10.6. The van der Waals surface area contributed by atoms with Gasteiger partial charge in [-0.1, -0.05) is 0 Å². The first-order valence-electron chi connectivity index (χ1n) is 2.48. The number of halogens is 6. The zero-order chi connectivity index (χ0) is 10.2. The van der Waals surface area contributed by atoms with Crippen molar-refractivity contribution in [2.75, 3.05) is 7.05 Å². The SMILES string of the molecule is CN(C(=O)C(F)(F)F)[Si](F)(F)F. The molecule has 1 amide bonds. The summed E-state index contributed by atoms with van der Waals surface area (Å²) >= 11 is 0. The van der Waals surface area contributed by atoms with Crippen LogP contribution in [0.15, 0.2) is 0 Å². The average Bonchev–Trinajstić information content (AvgIpc) is 1.80. The molecule has 0 spiro atoms. The zero-order valence-electron chi connectivity index (χ0n) is 5.62. The molecule has 0 radical (unpaired) electrons. The standard InChI is InChI=1S/C3H3F6NOSi/c1-10(12(7,8)9)2(11)3(4,5)6/h1H3. The van der Waals surface area contributed by atoms with Crippen LogP contribution in [0.25, 0.3) is 0 Å². The van der Waals surface area contributed by atoms with Gasteiger partial charge in [0.1, 0.15) is 0 Å². The van der Waals surface area contributed by atoms with Crippen LogP contribution in [0, 0.1) is 0 Å². The number of hydrogen-bond acceptors (Lipinski definition) is 1. The minimum absolute atomic E-state index is 0.0715. The summed E-state index contributed by atoms with van der Waals surface area (Å²) in [6.45, 7) is 0. The van der Waals surface area contributed by atoms with Gasteiger partial charge in [-0.15, -0.1) is 0 Å². The molecule has 0 atom stereocenters. The highest BCUT2D eigenvalue weighted by atomic mass is 28.5. The molecular weight excluding hydrogens is 208 g/mol. The summed E-state index contributed by atoms with van der Waals surface area (Å²) in [5, 5.41) is 0. The van der Waals surface area contributed by atoms with Gasteiger partial charge in [0.25, 0.3) is 0 Å². The van der Waals surface area contributed by atoms with Gasteiger partial charge in [-0.3, -0.25) is 9.36 Å². The summed E-state index contributed by atoms with van der Waals surface area (Å²) < 4.78 is 67.6. The maximum atomic E-state index is 11.6. The van der Waals surface area contributed by atoms with E-state index in [4.69, 9.17) is 0 Å². The smallest absolute Gasteiger partial charge is 0.286 e. The highest BCUT2D eigenvalue weighted by molar-refractivity contribution is 6.58. The highest BCUT2D eigenvalue weighted by Crippen LogP contribution is 2.22. The fraction of sp³-hybridized carbons (Fsp3) is 0.667. The first-order valence-corrected chi connectivity index (χ1v) is 4.06. The quantitative estimate of drug-likeness (QED) is 0.364. The van der Waals surface area contributed by atoms with Crippen LogP contribution in [0.2, 0.25) is 0 Å². The lowest BCUT2D eigenvalue weighted by Crippen LogP contribution is -2.50. The summed E-state index contributed by atoms with van der Waals surface area (Å²) in [6, 6.07) is 0. The minimum Gasteiger partial charge on any atom is -0.286 e. The van der Waals surface area contributed by atoms with E-state index >= 15 is 0 Å². The van der Waals surface area contributed by atoms with Gasteiger partial charge >= 0.3 is 21.3 Å². The van der Waals surface area contributed by atoms with Gasteiger partial charge in [0.05, 0.1) is 0 Å². The van der Waals surface area contributed by atoms with E-state index in [0.717, 1.165) is 0 Å². The first kappa shape index (κ1) is 11.3. The Kier molecular flexibility index (Phi) is 2.78. The van der Waals surface area contributed by atoms with E-state index < -0.39 is 25.9 Å². The van der Waals surface area contributed by atoms with E-state index in [1.54, 1.807) is 0 Å². The lowest BCUT2D eigenvalue weighted by molar-refractivity contribution is -0.181. The van der Waals surface area contributed by atoms with Crippen molar-refractivity contribution >= 4 is 15.1 Å². The van der Waals surface area contributed by atoms with Crippen molar-refractivity contribution in [2.45, 2.75) is 6.18 Å². The minimum atomic E-state index is -6.67. The Bertz CT molecular complexity index is 184. The van der Waals surface area contributed by atoms with Gasteiger partial charge in [-0.05, 0) is 0 Å². The molecule has 0 aliphatic carbocycles. The van der Waals surface area contributed by atoms with Crippen molar-refractivity contribution in [3.05, 3.63) is 0 Å². The topological polar surface area (TPSA) is 20.3 Å². The van der Waals surface area contributed by atoms with E-state index in [2.05, 4.69) is 0 Å². The monoisotopic (exact) mass is 211 g/mol. The molecule has 0 unspecified atom stereocenters. The third-order valence-electron chi connectivity index (χ3n) is 0.927. The fourth-order valence-corrected chi connectivity index (χ4v) is 0.662. The summed E-state index contributed by atoms with van der Waals surface area (Å²) in [7, 11) is -6.60. The van der Waals surface area contributed by atoms with Gasteiger partial charge in [0.15, 0.2) is 0 Å². The third kappa shape index (κ3) is 2.72. The van der Waals surface area contributed by atoms with Gasteiger partial charge in [-0.2, -0.15) is 13.2 Å². The second kappa shape index (κ2) is 2.96. The van der Waals surface area contributed by atoms with Crippen molar-refractivity contribution < 1.29 is 30.3 Å². The van der Waals surface area contributed by atoms with Crippen molar-refractivity contribution in [3.8, 4) is 0 Å². The Hall–Kier alpha value is -0.733. The predicted molar refractivity (Wildman–Crippen MR) is 27.9 cm³/mol. The molecular formula is C3H3F6NOSi. The number of carbonyl (C=O) groups is 1. The van der Waals surface area contributed by atoms with E-state index in [9.17, 15) is 30.3 Å². The first-order chi connectivity index (χ1) is 5.07. The number of carbonyl (C=O) groups excluding carboxylic acids is 1. The van der Waals surface area contributed by atoms with Crippen LogP contribution in [-0.2, 0) is 4.79 Å². The summed E-state index contributed by atoms with van der Waals surface area (Å²) in [5.41, 5.74) is 0. The molecule has 72 valence electrons. The molecule has 9 heteroatoms. The maximum Gasteiger partial charge on any atom is 0.756 e. The van der Waals surface area contributed by atoms with Crippen LogP contribution in [0.3, 0.4) is 0 Å². The molecule has 0 saturated carbocycles. The number of rotatable bonds is 1. The zero-order valence-corrected chi connectivity index (χ0v) is 6.62. The van der Waals surface area contributed by atoms with Gasteiger partial charge in [0, 0.05) is 7.05 Å². The number of hydrogen-bond donors (Lipinski definition) is 0. The van der Waals surface area contributed by atoms with Crippen LogP contribution in [0.4, 0.5) is 25.5 Å². The second-order valence-electron chi connectivity index (χ2n) is 1.83. The van der Waals surface area contributed by atoms with Crippen LogP contribution in [-0.4, -0.2) is 32.9 Å². The third-order valence-corrected chi connectivity index (χ3v) is 1.89. The molecule has 0 bridgehead atoms. The average molecular weight is 211 g/mol. The van der Waals surface area contributed by atoms with Crippen LogP contribution >= 0.6 is 0 Å². The molecule has 0 aromatic carbocycles. The Morgan fingerprint density at radius 3 is 1.67 bits per heavy atom. The van der Waals surface area contributed by atoms with Crippen molar-refractivity contribution in [1.82, 2.24) is 4.57 Å². The van der Waals surface area contributed by atoms with Crippen LogP contribution in [0.1, 0.15) is 0 Å². The molecule has 0 N–H and O–H groups in total. The van der Waals surface area contributed by atoms with Crippen molar-refractivity contribution in [3.63, 3.8) is 0 Å². The number of nitrogens with zero attached hydrogens (tertiary/aromatic N) is 1. The predicted octanol–water partition coefficient (Wildman–Crippen LogP) is 1.35. The Morgan fingerprint density at radius 1 is 1.25 bits per heavy atom.